The van der Waals surface area contributed by atoms with Crippen LogP contribution in [0, 0.1) is 20.8 Å². The minimum absolute atomic E-state index is 0.216. The van der Waals surface area contributed by atoms with Crippen LogP contribution in [0.15, 0.2) is 66.7 Å². The molecular formula is C32H38ClN3O4. The molecule has 3 aromatic rings. The Kier molecular flexibility index (Phi) is 9.98. The molecule has 0 saturated carbocycles. The Hall–Kier alpha value is -3.84. The third-order valence-corrected chi connectivity index (χ3v) is 6.86. The van der Waals surface area contributed by atoms with Gasteiger partial charge in [-0.2, -0.15) is 0 Å². The molecule has 3 rings (SSSR count). The van der Waals surface area contributed by atoms with Gasteiger partial charge in [0.15, 0.2) is 0 Å². The number of hydrogen-bond acceptors (Lipinski definition) is 4. The average molecular weight is 564 g/mol. The first kappa shape index (κ1) is 30.7. The number of likely N-dealkylation sites (N-methyl/N-ethyl adjacent to an activating group) is 1. The molecular weight excluding hydrogens is 526 g/mol. The molecule has 40 heavy (non-hydrogen) atoms. The number of aryl methyl sites for hydroxylation is 3. The molecule has 0 aromatic heterocycles. The number of halogens is 1. The first-order valence-electron chi connectivity index (χ1n) is 13.2. The maximum absolute atomic E-state index is 14.1. The summed E-state index contributed by atoms with van der Waals surface area (Å²) in [7, 11) is 1.58. The summed E-state index contributed by atoms with van der Waals surface area (Å²) in [5.41, 5.74) is 3.80. The van der Waals surface area contributed by atoms with Crippen molar-refractivity contribution >= 4 is 35.2 Å². The first-order valence-corrected chi connectivity index (χ1v) is 13.6. The highest BCUT2D eigenvalue weighted by atomic mass is 35.5. The molecule has 8 heteroatoms. The van der Waals surface area contributed by atoms with E-state index < -0.39 is 35.6 Å². The zero-order valence-corrected chi connectivity index (χ0v) is 24.9. The molecule has 212 valence electrons. The number of carbonyl (C=O) groups is 3. The van der Waals surface area contributed by atoms with Crippen LogP contribution in [0.5, 0.6) is 0 Å². The third-order valence-electron chi connectivity index (χ3n) is 6.54. The van der Waals surface area contributed by atoms with Crippen LogP contribution in [0.3, 0.4) is 0 Å². The van der Waals surface area contributed by atoms with Gasteiger partial charge in [-0.3, -0.25) is 9.59 Å². The number of anilines is 1. The molecule has 0 radical (unpaired) electrons. The van der Waals surface area contributed by atoms with E-state index in [0.717, 1.165) is 22.3 Å². The van der Waals surface area contributed by atoms with Gasteiger partial charge in [-0.25, -0.2) is 4.79 Å². The highest BCUT2D eigenvalue weighted by molar-refractivity contribution is 6.34. The van der Waals surface area contributed by atoms with Gasteiger partial charge in [0.05, 0.1) is 10.7 Å². The van der Waals surface area contributed by atoms with Crippen molar-refractivity contribution in [3.05, 3.63) is 99.6 Å². The second-order valence-corrected chi connectivity index (χ2v) is 11.4. The summed E-state index contributed by atoms with van der Waals surface area (Å²) in [5.74, 6) is -0.853. The fourth-order valence-electron chi connectivity index (χ4n) is 4.61. The van der Waals surface area contributed by atoms with Gasteiger partial charge in [-0.05, 0) is 75.4 Å². The molecule has 0 spiro atoms. The van der Waals surface area contributed by atoms with Crippen LogP contribution in [0.4, 0.5) is 10.5 Å². The van der Waals surface area contributed by atoms with Crippen LogP contribution in [0.25, 0.3) is 0 Å². The van der Waals surface area contributed by atoms with Crippen molar-refractivity contribution in [3.8, 4) is 0 Å². The van der Waals surface area contributed by atoms with Gasteiger partial charge >= 0.3 is 6.09 Å². The predicted molar refractivity (Wildman–Crippen MR) is 160 cm³/mol. The number of alkyl carbamates (subject to hydrolysis) is 1. The predicted octanol–water partition coefficient (Wildman–Crippen LogP) is 6.54. The van der Waals surface area contributed by atoms with Gasteiger partial charge in [0.2, 0.25) is 5.91 Å². The summed E-state index contributed by atoms with van der Waals surface area (Å²) < 4.78 is 5.46. The van der Waals surface area contributed by atoms with Crippen molar-refractivity contribution in [2.24, 2.45) is 0 Å². The summed E-state index contributed by atoms with van der Waals surface area (Å²) in [4.78, 5) is 42.3. The van der Waals surface area contributed by atoms with E-state index in [9.17, 15) is 14.4 Å². The summed E-state index contributed by atoms with van der Waals surface area (Å²) >= 11 is 6.42. The summed E-state index contributed by atoms with van der Waals surface area (Å²) in [6, 6.07) is 18.5. The second kappa shape index (κ2) is 13.0. The zero-order chi connectivity index (χ0) is 29.6. The van der Waals surface area contributed by atoms with Crippen molar-refractivity contribution in [2.45, 2.75) is 65.6 Å². The molecule has 2 unspecified atom stereocenters. The van der Waals surface area contributed by atoms with Crippen LogP contribution < -0.4 is 10.6 Å². The van der Waals surface area contributed by atoms with Gasteiger partial charge < -0.3 is 20.3 Å². The van der Waals surface area contributed by atoms with Crippen LogP contribution in [-0.2, 0) is 20.7 Å². The first-order chi connectivity index (χ1) is 18.8. The molecule has 0 aliphatic carbocycles. The lowest BCUT2D eigenvalue weighted by atomic mass is 9.93. The SMILES string of the molecule is Cc1cccc(Cl)c1NC(=O)C(c1c(C)cccc1C)N(C)C(=O)C(Cc1ccccc1)NC(=O)OC(C)(C)C. The van der Waals surface area contributed by atoms with Gasteiger partial charge in [-0.1, -0.05) is 72.3 Å². The Labute approximate surface area is 241 Å². The molecule has 0 aliphatic heterocycles. The minimum Gasteiger partial charge on any atom is -0.444 e. The molecule has 3 aromatic carbocycles. The molecule has 0 heterocycles. The molecule has 0 saturated heterocycles. The maximum Gasteiger partial charge on any atom is 0.408 e. The van der Waals surface area contributed by atoms with E-state index >= 15 is 0 Å². The lowest BCUT2D eigenvalue weighted by Crippen LogP contribution is -2.52. The number of amides is 3. The monoisotopic (exact) mass is 563 g/mol. The summed E-state index contributed by atoms with van der Waals surface area (Å²) in [6.07, 6.45) is -0.497. The Morgan fingerprint density at radius 3 is 2.02 bits per heavy atom. The summed E-state index contributed by atoms with van der Waals surface area (Å²) in [6.45, 7) is 10.9. The smallest absolute Gasteiger partial charge is 0.408 e. The number of ether oxygens (including phenoxy) is 1. The van der Waals surface area contributed by atoms with Crippen LogP contribution >= 0.6 is 11.6 Å². The van der Waals surface area contributed by atoms with E-state index in [2.05, 4.69) is 10.6 Å². The number of rotatable bonds is 8. The van der Waals surface area contributed by atoms with Gasteiger partial charge in [0.1, 0.15) is 17.7 Å². The van der Waals surface area contributed by atoms with Crippen LogP contribution in [0.2, 0.25) is 5.02 Å². The Bertz CT molecular complexity index is 1330. The Morgan fingerprint density at radius 1 is 0.875 bits per heavy atom. The minimum atomic E-state index is -0.997. The number of carbonyl (C=O) groups excluding carboxylic acids is 3. The third kappa shape index (κ3) is 7.85. The topological polar surface area (TPSA) is 87.7 Å². The standard InChI is InChI=1S/C32H38ClN3O4/c1-20-13-11-14-21(2)26(20)28(29(37)35-27-22(3)15-12-18-24(27)33)36(7)30(38)25(19-23-16-9-8-10-17-23)34-31(39)40-32(4,5)6/h8-18,25,28H,19H2,1-7H3,(H,34,39)(H,35,37). The highest BCUT2D eigenvalue weighted by Crippen LogP contribution is 2.31. The van der Waals surface area contributed by atoms with Crippen LogP contribution in [0.1, 0.15) is 54.6 Å². The van der Waals surface area contributed by atoms with Gasteiger partial charge in [0.25, 0.3) is 5.91 Å². The Morgan fingerprint density at radius 2 is 1.45 bits per heavy atom. The quantitative estimate of drug-likeness (QED) is 0.326. The average Bonchev–Trinajstić information content (AvgIpc) is 2.87. The number of hydrogen-bond donors (Lipinski definition) is 2. The van der Waals surface area contributed by atoms with Gasteiger partial charge in [0, 0.05) is 13.5 Å². The van der Waals surface area contributed by atoms with E-state index in [1.54, 1.807) is 33.9 Å². The molecule has 0 aliphatic rings. The van der Waals surface area contributed by atoms with Crippen molar-refractivity contribution in [2.75, 3.05) is 12.4 Å². The molecule has 0 bridgehead atoms. The van der Waals surface area contributed by atoms with Crippen molar-refractivity contribution in [3.63, 3.8) is 0 Å². The van der Waals surface area contributed by atoms with E-state index in [0.29, 0.717) is 16.3 Å². The maximum atomic E-state index is 14.1. The number of para-hydroxylation sites is 1. The van der Waals surface area contributed by atoms with E-state index in [-0.39, 0.29) is 6.42 Å². The Balaban J connectivity index is 2.03. The molecule has 7 nitrogen and oxygen atoms in total. The number of benzene rings is 3. The van der Waals surface area contributed by atoms with Crippen molar-refractivity contribution < 1.29 is 19.1 Å². The van der Waals surface area contributed by atoms with Crippen LogP contribution in [-0.4, -0.2) is 41.5 Å². The van der Waals surface area contributed by atoms with E-state index in [1.807, 2.05) is 81.4 Å². The highest BCUT2D eigenvalue weighted by Gasteiger charge is 2.36. The second-order valence-electron chi connectivity index (χ2n) is 11.0. The fraction of sp³-hybridized carbons (Fsp3) is 0.344. The van der Waals surface area contributed by atoms with Crippen molar-refractivity contribution in [1.29, 1.82) is 0 Å². The lowest BCUT2D eigenvalue weighted by Gasteiger charge is -2.33. The van der Waals surface area contributed by atoms with Crippen molar-refractivity contribution in [1.82, 2.24) is 10.2 Å². The fourth-order valence-corrected chi connectivity index (χ4v) is 4.88. The normalized spacial score (nSPS) is 12.7. The number of nitrogens with zero attached hydrogens (tertiary/aromatic N) is 1. The van der Waals surface area contributed by atoms with E-state index in [4.69, 9.17) is 16.3 Å². The number of nitrogens with one attached hydrogen (secondary N) is 2. The van der Waals surface area contributed by atoms with E-state index in [1.165, 1.54) is 4.90 Å². The molecule has 3 amide bonds. The van der Waals surface area contributed by atoms with Gasteiger partial charge in [-0.15, -0.1) is 0 Å². The lowest BCUT2D eigenvalue weighted by molar-refractivity contribution is -0.139. The molecule has 2 N–H and O–H groups in total. The molecule has 0 fully saturated rings. The summed E-state index contributed by atoms with van der Waals surface area (Å²) in [5, 5.41) is 6.09. The largest absolute Gasteiger partial charge is 0.444 e. The zero-order valence-electron chi connectivity index (χ0n) is 24.2. The molecule has 2 atom stereocenters.